The topological polar surface area (TPSA) is 109 Å². The minimum atomic E-state index is -1.08. The molecule has 0 aromatic rings. The third-order valence-corrected chi connectivity index (χ3v) is 10.1. The number of unbranched alkanes of at least 4 members (excludes halogenated alkanes) is 5. The Kier molecular flexibility index (Phi) is 11.8. The molecule has 0 aliphatic carbocycles. The average molecular weight is 604 g/mol. The molecule has 1 N–H and O–H groups in total. The first kappa shape index (κ1) is 33.6. The van der Waals surface area contributed by atoms with E-state index in [-0.39, 0.29) is 30.9 Å². The van der Waals surface area contributed by atoms with Gasteiger partial charge in [0.1, 0.15) is 17.6 Å². The van der Waals surface area contributed by atoms with Crippen LogP contribution < -0.4 is 0 Å². The van der Waals surface area contributed by atoms with E-state index in [9.17, 15) is 19.5 Å². The van der Waals surface area contributed by atoms with Crippen LogP contribution in [0.3, 0.4) is 0 Å². The molecular formula is C33H53N3O7. The van der Waals surface area contributed by atoms with Gasteiger partial charge in [0.2, 0.25) is 11.8 Å². The molecular weight excluding hydrogens is 550 g/mol. The van der Waals surface area contributed by atoms with Crippen LogP contribution in [0.5, 0.6) is 0 Å². The molecule has 4 heterocycles. The second kappa shape index (κ2) is 15.1. The smallest absolute Gasteiger partial charge is 0.312 e. The molecule has 242 valence electrons. The molecule has 10 heteroatoms. The van der Waals surface area contributed by atoms with Gasteiger partial charge < -0.3 is 29.1 Å². The summed E-state index contributed by atoms with van der Waals surface area (Å²) in [4.78, 5) is 48.4. The molecule has 0 aromatic heterocycles. The van der Waals surface area contributed by atoms with Crippen molar-refractivity contribution < 1.29 is 33.7 Å². The summed E-state index contributed by atoms with van der Waals surface area (Å²) >= 11 is 0. The lowest BCUT2D eigenvalue weighted by Crippen LogP contribution is -2.57. The second-order valence-electron chi connectivity index (χ2n) is 12.9. The minimum Gasteiger partial charge on any atom is -0.465 e. The molecule has 4 fully saturated rings. The molecule has 3 unspecified atom stereocenters. The summed E-state index contributed by atoms with van der Waals surface area (Å²) in [6.07, 6.45) is 9.66. The molecule has 6 atom stereocenters. The Hall–Kier alpha value is -2.27. The van der Waals surface area contributed by atoms with Crippen LogP contribution in [-0.2, 0) is 28.6 Å². The van der Waals surface area contributed by atoms with E-state index in [0.717, 1.165) is 45.2 Å². The summed E-state index contributed by atoms with van der Waals surface area (Å²) in [6.45, 7) is 17.0. The highest BCUT2D eigenvalue weighted by atomic mass is 16.6. The van der Waals surface area contributed by atoms with Crippen molar-refractivity contribution in [2.24, 2.45) is 17.8 Å². The number of amides is 2. The van der Waals surface area contributed by atoms with Crippen molar-refractivity contribution in [2.75, 3.05) is 65.7 Å². The fourth-order valence-corrected chi connectivity index (χ4v) is 7.72. The van der Waals surface area contributed by atoms with E-state index in [1.54, 1.807) is 15.9 Å². The maximum atomic E-state index is 14.6. The quantitative estimate of drug-likeness (QED) is 0.145. The van der Waals surface area contributed by atoms with Crippen LogP contribution in [0.1, 0.15) is 65.2 Å². The SMILES string of the molecule is C=CCCCCOC(=O)[C@@H]1[C@H]2C(=O)N(CCCCCCO)C(C(=O)N(CC=C)CCN3CCOCC3)C23CC(C)[C@@]1(C)O3. The number of esters is 1. The fourth-order valence-electron chi connectivity index (χ4n) is 7.72. The van der Waals surface area contributed by atoms with Crippen LogP contribution in [-0.4, -0.2) is 121 Å². The highest BCUT2D eigenvalue weighted by molar-refractivity contribution is 5.98. The molecule has 0 saturated carbocycles. The van der Waals surface area contributed by atoms with E-state index in [1.807, 2.05) is 13.0 Å². The Morgan fingerprint density at radius 3 is 2.53 bits per heavy atom. The molecule has 4 aliphatic heterocycles. The zero-order valence-corrected chi connectivity index (χ0v) is 26.3. The van der Waals surface area contributed by atoms with Gasteiger partial charge in [0.15, 0.2) is 0 Å². The predicted octanol–water partition coefficient (Wildman–Crippen LogP) is 2.80. The zero-order chi connectivity index (χ0) is 31.0. The highest BCUT2D eigenvalue weighted by Gasteiger charge is 2.80. The Labute approximate surface area is 257 Å². The number of hydrogen-bond acceptors (Lipinski definition) is 8. The lowest BCUT2D eigenvalue weighted by atomic mass is 9.62. The van der Waals surface area contributed by atoms with Crippen LogP contribution in [0.25, 0.3) is 0 Å². The third kappa shape index (κ3) is 6.87. The highest BCUT2D eigenvalue weighted by Crippen LogP contribution is 2.65. The number of aliphatic hydroxyl groups excluding tert-OH is 1. The number of hydrogen-bond donors (Lipinski definition) is 1. The molecule has 0 radical (unpaired) electrons. The number of morpholine rings is 1. The van der Waals surface area contributed by atoms with Gasteiger partial charge in [0.25, 0.3) is 0 Å². The van der Waals surface area contributed by atoms with Crippen LogP contribution in [0.15, 0.2) is 25.3 Å². The summed E-state index contributed by atoms with van der Waals surface area (Å²) in [7, 11) is 0. The van der Waals surface area contributed by atoms with Crippen LogP contribution in [0.4, 0.5) is 0 Å². The number of carbonyl (C=O) groups excluding carboxylic acids is 3. The summed E-state index contributed by atoms with van der Waals surface area (Å²) in [6, 6.07) is -0.817. The van der Waals surface area contributed by atoms with Gasteiger partial charge in [0, 0.05) is 45.9 Å². The number of ether oxygens (including phenoxy) is 3. The molecule has 1 spiro atoms. The van der Waals surface area contributed by atoms with E-state index in [1.165, 1.54) is 0 Å². The van der Waals surface area contributed by atoms with Crippen LogP contribution in [0.2, 0.25) is 0 Å². The molecule has 4 rings (SSSR count). The first-order chi connectivity index (χ1) is 20.7. The van der Waals surface area contributed by atoms with Crippen molar-refractivity contribution >= 4 is 17.8 Å². The molecule has 2 bridgehead atoms. The van der Waals surface area contributed by atoms with Gasteiger partial charge in [-0.2, -0.15) is 0 Å². The summed E-state index contributed by atoms with van der Waals surface area (Å²) < 4.78 is 18.1. The van der Waals surface area contributed by atoms with Gasteiger partial charge in [-0.15, -0.1) is 13.2 Å². The largest absolute Gasteiger partial charge is 0.465 e. The Bertz CT molecular complexity index is 1000. The second-order valence-corrected chi connectivity index (χ2v) is 12.9. The summed E-state index contributed by atoms with van der Waals surface area (Å²) in [5, 5.41) is 9.21. The van der Waals surface area contributed by atoms with E-state index >= 15 is 0 Å². The third-order valence-electron chi connectivity index (χ3n) is 10.1. The predicted molar refractivity (Wildman–Crippen MR) is 163 cm³/mol. The van der Waals surface area contributed by atoms with Crippen molar-refractivity contribution in [2.45, 2.75) is 82.5 Å². The number of aliphatic hydroxyl groups is 1. The van der Waals surface area contributed by atoms with Gasteiger partial charge in [-0.3, -0.25) is 19.3 Å². The number of carbonyl (C=O) groups is 3. The number of allylic oxidation sites excluding steroid dienone is 1. The fraction of sp³-hybridized carbons (Fsp3) is 0.788. The first-order valence-electron chi connectivity index (χ1n) is 16.3. The van der Waals surface area contributed by atoms with Crippen molar-refractivity contribution in [1.29, 1.82) is 0 Å². The molecule has 4 saturated heterocycles. The number of nitrogens with zero attached hydrogens (tertiary/aromatic N) is 3. The zero-order valence-electron chi connectivity index (χ0n) is 26.3. The van der Waals surface area contributed by atoms with Crippen molar-refractivity contribution in [3.05, 3.63) is 25.3 Å². The molecule has 4 aliphatic rings. The number of fused-ring (bicyclic) bond motifs is 1. The van der Waals surface area contributed by atoms with E-state index in [0.29, 0.717) is 58.7 Å². The number of rotatable bonds is 18. The van der Waals surface area contributed by atoms with Crippen LogP contribution >= 0.6 is 0 Å². The van der Waals surface area contributed by atoms with E-state index in [2.05, 4.69) is 25.0 Å². The van der Waals surface area contributed by atoms with Gasteiger partial charge in [-0.1, -0.05) is 31.9 Å². The molecule has 43 heavy (non-hydrogen) atoms. The van der Waals surface area contributed by atoms with Gasteiger partial charge >= 0.3 is 5.97 Å². The van der Waals surface area contributed by atoms with Crippen LogP contribution in [0, 0.1) is 17.8 Å². The normalized spacial score (nSPS) is 31.7. The Balaban J connectivity index is 1.60. The molecule has 10 nitrogen and oxygen atoms in total. The Morgan fingerprint density at radius 2 is 1.84 bits per heavy atom. The van der Waals surface area contributed by atoms with Gasteiger partial charge in [-0.05, 0) is 51.4 Å². The average Bonchev–Trinajstić information content (AvgIpc) is 3.51. The summed E-state index contributed by atoms with van der Waals surface area (Å²) in [5.74, 6) is -2.29. The summed E-state index contributed by atoms with van der Waals surface area (Å²) in [5.41, 5.74) is -1.97. The number of likely N-dealkylation sites (tertiary alicyclic amines) is 1. The standard InChI is InChI=1S/C33H53N3O7/c1-5-7-8-13-21-42-31(40)27-26-29(38)36(15-11-9-10-12-20-37)28(33(26)24-25(3)32(27,4)43-33)30(39)35(14-6-2)17-16-34-18-22-41-23-19-34/h5-6,25-28,37H,1-2,7-24H2,3-4H3/t25?,26-,27-,28?,32+,33?/m0/s1. The maximum absolute atomic E-state index is 14.6. The van der Waals surface area contributed by atoms with Gasteiger partial charge in [0.05, 0.1) is 31.3 Å². The first-order valence-corrected chi connectivity index (χ1v) is 16.3. The van der Waals surface area contributed by atoms with Crippen molar-refractivity contribution in [1.82, 2.24) is 14.7 Å². The lowest BCUT2D eigenvalue weighted by molar-refractivity contribution is -0.162. The maximum Gasteiger partial charge on any atom is 0.312 e. The van der Waals surface area contributed by atoms with Crippen molar-refractivity contribution in [3.8, 4) is 0 Å². The monoisotopic (exact) mass is 603 g/mol. The Morgan fingerprint density at radius 1 is 1.09 bits per heavy atom. The van der Waals surface area contributed by atoms with E-state index < -0.39 is 35.0 Å². The lowest BCUT2D eigenvalue weighted by Gasteiger charge is -2.38. The minimum absolute atomic E-state index is 0.0316. The molecule has 2 amide bonds. The van der Waals surface area contributed by atoms with Gasteiger partial charge in [-0.25, -0.2) is 0 Å². The van der Waals surface area contributed by atoms with E-state index in [4.69, 9.17) is 14.2 Å². The van der Waals surface area contributed by atoms with Crippen molar-refractivity contribution in [3.63, 3.8) is 0 Å². The molecule has 0 aromatic carbocycles.